The predicted molar refractivity (Wildman–Crippen MR) is 131 cm³/mol. The molecule has 9 nitrogen and oxygen atoms in total. The van der Waals surface area contributed by atoms with Gasteiger partial charge in [-0.3, -0.25) is 9.59 Å². The van der Waals surface area contributed by atoms with E-state index in [2.05, 4.69) is 27.4 Å². The van der Waals surface area contributed by atoms with Crippen LogP contribution >= 0.6 is 0 Å². The van der Waals surface area contributed by atoms with Gasteiger partial charge in [-0.05, 0) is 17.5 Å². The van der Waals surface area contributed by atoms with Crippen LogP contribution < -0.4 is 16.4 Å². The standard InChI is InChI=1S/C26H30N6O3/c1-18(27)24(33)29-21(17-35-16-19-9-5-3-6-10-19)23-31-30-22-15-26(25(34)28-2,13-14-32(22)23)20-11-7-4-8-12-20/h3-12,21H,1,13-17,27H2,2H3,(H,28,34)(H,29,33)/t21-,26?/m1/s1. The van der Waals surface area contributed by atoms with Gasteiger partial charge in [-0.2, -0.15) is 0 Å². The normalized spacial score (nSPS) is 17.7. The topological polar surface area (TPSA) is 124 Å². The van der Waals surface area contributed by atoms with Crippen molar-refractivity contribution in [3.05, 3.63) is 95.7 Å². The first-order valence-electron chi connectivity index (χ1n) is 11.5. The number of carbonyl (C=O) groups excluding carboxylic acids is 2. The lowest BCUT2D eigenvalue weighted by molar-refractivity contribution is -0.127. The second kappa shape index (κ2) is 10.5. The minimum Gasteiger partial charge on any atom is -0.395 e. The van der Waals surface area contributed by atoms with Crippen molar-refractivity contribution in [1.82, 2.24) is 25.4 Å². The van der Waals surface area contributed by atoms with E-state index in [1.165, 1.54) is 0 Å². The first kappa shape index (κ1) is 24.2. The van der Waals surface area contributed by atoms with E-state index in [1.54, 1.807) is 7.05 Å². The Morgan fingerprint density at radius 2 is 1.83 bits per heavy atom. The average Bonchev–Trinajstić information content (AvgIpc) is 3.31. The maximum Gasteiger partial charge on any atom is 0.267 e. The largest absolute Gasteiger partial charge is 0.395 e. The van der Waals surface area contributed by atoms with Crippen LogP contribution in [-0.2, 0) is 39.3 Å². The lowest BCUT2D eigenvalue weighted by Gasteiger charge is -2.36. The Kier molecular flexibility index (Phi) is 7.26. The maximum absolute atomic E-state index is 13.1. The number of fused-ring (bicyclic) bond motifs is 1. The molecule has 0 saturated heterocycles. The Labute approximate surface area is 204 Å². The van der Waals surface area contributed by atoms with Gasteiger partial charge < -0.3 is 25.7 Å². The second-order valence-corrected chi connectivity index (χ2v) is 8.63. The van der Waals surface area contributed by atoms with Crippen LogP contribution in [0.5, 0.6) is 0 Å². The van der Waals surface area contributed by atoms with Gasteiger partial charge in [-0.1, -0.05) is 67.2 Å². The van der Waals surface area contributed by atoms with Gasteiger partial charge in [0.15, 0.2) is 5.82 Å². The van der Waals surface area contributed by atoms with E-state index >= 15 is 0 Å². The summed E-state index contributed by atoms with van der Waals surface area (Å²) in [5, 5.41) is 14.5. The molecular weight excluding hydrogens is 444 g/mol. The fourth-order valence-corrected chi connectivity index (χ4v) is 4.51. The number of likely N-dealkylation sites (N-methyl/N-ethyl adjacent to an activating group) is 1. The maximum atomic E-state index is 13.1. The van der Waals surface area contributed by atoms with E-state index in [1.807, 2.05) is 65.2 Å². The summed E-state index contributed by atoms with van der Waals surface area (Å²) in [6.45, 7) is 4.58. The Bertz CT molecular complexity index is 1190. The fourth-order valence-electron chi connectivity index (χ4n) is 4.51. The van der Waals surface area contributed by atoms with Crippen LogP contribution in [0.15, 0.2) is 72.9 Å². The molecule has 1 aromatic heterocycles. The van der Waals surface area contributed by atoms with Crippen LogP contribution in [0.3, 0.4) is 0 Å². The summed E-state index contributed by atoms with van der Waals surface area (Å²) >= 11 is 0. The molecule has 2 aromatic carbocycles. The molecule has 1 aliphatic rings. The molecule has 0 fully saturated rings. The summed E-state index contributed by atoms with van der Waals surface area (Å²) in [6, 6.07) is 18.9. The summed E-state index contributed by atoms with van der Waals surface area (Å²) in [7, 11) is 1.65. The number of benzene rings is 2. The number of aromatic nitrogens is 3. The number of hydrogen-bond acceptors (Lipinski definition) is 6. The highest BCUT2D eigenvalue weighted by Crippen LogP contribution is 2.37. The van der Waals surface area contributed by atoms with Crippen molar-refractivity contribution in [1.29, 1.82) is 0 Å². The van der Waals surface area contributed by atoms with Crippen molar-refractivity contribution < 1.29 is 14.3 Å². The van der Waals surface area contributed by atoms with Gasteiger partial charge in [0.1, 0.15) is 11.9 Å². The van der Waals surface area contributed by atoms with E-state index in [0.717, 1.165) is 11.1 Å². The van der Waals surface area contributed by atoms with Gasteiger partial charge in [-0.15, -0.1) is 10.2 Å². The SMILES string of the molecule is C=C(N)C(=O)N[C@H](COCc1ccccc1)c1nnc2n1CCC(C(=O)NC)(c1ccccc1)C2. The van der Waals surface area contributed by atoms with Crippen LogP contribution in [-0.4, -0.2) is 40.2 Å². The third-order valence-corrected chi connectivity index (χ3v) is 6.37. The lowest BCUT2D eigenvalue weighted by atomic mass is 9.72. The van der Waals surface area contributed by atoms with Crippen LogP contribution in [0.1, 0.15) is 35.2 Å². The Balaban J connectivity index is 1.60. The summed E-state index contributed by atoms with van der Waals surface area (Å²) in [5.74, 6) is 0.680. The van der Waals surface area contributed by atoms with Crippen LogP contribution in [0.2, 0.25) is 0 Å². The average molecular weight is 475 g/mol. The van der Waals surface area contributed by atoms with E-state index in [0.29, 0.717) is 37.6 Å². The van der Waals surface area contributed by atoms with Gasteiger partial charge in [0.25, 0.3) is 5.91 Å². The van der Waals surface area contributed by atoms with Crippen molar-refractivity contribution in [2.45, 2.75) is 37.5 Å². The molecule has 0 spiro atoms. The zero-order chi connectivity index (χ0) is 24.8. The van der Waals surface area contributed by atoms with Gasteiger partial charge in [0.2, 0.25) is 5.91 Å². The molecule has 0 bridgehead atoms. The highest BCUT2D eigenvalue weighted by Gasteiger charge is 2.44. The number of hydrogen-bond donors (Lipinski definition) is 3. The second-order valence-electron chi connectivity index (χ2n) is 8.63. The zero-order valence-electron chi connectivity index (χ0n) is 19.7. The number of rotatable bonds is 9. The van der Waals surface area contributed by atoms with Crippen molar-refractivity contribution >= 4 is 11.8 Å². The van der Waals surface area contributed by atoms with Gasteiger partial charge in [0, 0.05) is 20.0 Å². The van der Waals surface area contributed by atoms with E-state index in [-0.39, 0.29) is 18.2 Å². The van der Waals surface area contributed by atoms with Crippen molar-refractivity contribution in [2.24, 2.45) is 5.73 Å². The lowest BCUT2D eigenvalue weighted by Crippen LogP contribution is -2.48. The minimum absolute atomic E-state index is 0.0602. The highest BCUT2D eigenvalue weighted by atomic mass is 16.5. The number of carbonyl (C=O) groups is 2. The van der Waals surface area contributed by atoms with Crippen molar-refractivity contribution in [3.63, 3.8) is 0 Å². The molecule has 2 heterocycles. The first-order chi connectivity index (χ1) is 16.9. The van der Waals surface area contributed by atoms with Gasteiger partial charge in [-0.25, -0.2) is 0 Å². The molecule has 1 aliphatic heterocycles. The van der Waals surface area contributed by atoms with Crippen LogP contribution in [0, 0.1) is 0 Å². The van der Waals surface area contributed by atoms with Gasteiger partial charge >= 0.3 is 0 Å². The highest BCUT2D eigenvalue weighted by molar-refractivity contribution is 5.92. The zero-order valence-corrected chi connectivity index (χ0v) is 19.7. The van der Waals surface area contributed by atoms with Gasteiger partial charge in [0.05, 0.1) is 24.3 Å². The molecule has 3 aromatic rings. The molecule has 0 radical (unpaired) electrons. The first-order valence-corrected chi connectivity index (χ1v) is 11.5. The van der Waals surface area contributed by atoms with Crippen LogP contribution in [0.4, 0.5) is 0 Å². The molecule has 0 aliphatic carbocycles. The van der Waals surface area contributed by atoms with Crippen molar-refractivity contribution in [3.8, 4) is 0 Å². The molecule has 9 heteroatoms. The molecule has 4 rings (SSSR count). The molecule has 2 atom stereocenters. The third kappa shape index (κ3) is 5.09. The number of nitrogens with two attached hydrogens (primary N) is 1. The Hall–Kier alpha value is -3.98. The third-order valence-electron chi connectivity index (χ3n) is 6.37. The summed E-state index contributed by atoms with van der Waals surface area (Å²) in [4.78, 5) is 25.4. The number of ether oxygens (including phenoxy) is 1. The number of amides is 2. The molecular formula is C26H30N6O3. The monoisotopic (exact) mass is 474 g/mol. The van der Waals surface area contributed by atoms with Crippen LogP contribution in [0.25, 0.3) is 0 Å². The van der Waals surface area contributed by atoms with Crippen molar-refractivity contribution in [2.75, 3.05) is 13.7 Å². The number of nitrogens with zero attached hydrogens (tertiary/aromatic N) is 3. The Morgan fingerprint density at radius 1 is 1.14 bits per heavy atom. The molecule has 1 unspecified atom stereocenters. The minimum atomic E-state index is -0.746. The summed E-state index contributed by atoms with van der Waals surface area (Å²) in [6.07, 6.45) is 0.947. The van der Waals surface area contributed by atoms with E-state index in [4.69, 9.17) is 10.5 Å². The molecule has 0 saturated carbocycles. The van der Waals surface area contributed by atoms with E-state index < -0.39 is 17.4 Å². The number of nitrogens with one attached hydrogen (secondary N) is 2. The molecule has 4 N–H and O–H groups in total. The molecule has 35 heavy (non-hydrogen) atoms. The quantitative estimate of drug-likeness (QED) is 0.406. The smallest absolute Gasteiger partial charge is 0.267 e. The fraction of sp³-hybridized carbons (Fsp3) is 0.308. The predicted octanol–water partition coefficient (Wildman–Crippen LogP) is 1.75. The molecule has 2 amide bonds. The molecule has 182 valence electrons. The summed E-state index contributed by atoms with van der Waals surface area (Å²) in [5.41, 5.74) is 6.72. The summed E-state index contributed by atoms with van der Waals surface area (Å²) < 4.78 is 7.87. The Morgan fingerprint density at radius 3 is 2.49 bits per heavy atom. The van der Waals surface area contributed by atoms with E-state index in [9.17, 15) is 9.59 Å².